The Morgan fingerprint density at radius 2 is 1.25 bits per heavy atom. The Bertz CT molecular complexity index is 9.61. The summed E-state index contributed by atoms with van der Waals surface area (Å²) < 4.78 is 0. The third-order valence-corrected chi connectivity index (χ3v) is 0. The van der Waals surface area contributed by atoms with Crippen molar-refractivity contribution in [3.05, 3.63) is 0 Å². The minimum Gasteiger partial charge on any atom is -1.00 e. The van der Waals surface area contributed by atoms with Crippen LogP contribution in [-0.4, -0.2) is 0 Å². The van der Waals surface area contributed by atoms with Crippen molar-refractivity contribution < 1.29 is 41.4 Å². The van der Waals surface area contributed by atoms with E-state index in [1.165, 1.54) is 0 Å². The molecule has 0 aliphatic rings. The van der Waals surface area contributed by atoms with Crippen LogP contribution in [0.1, 0.15) is 1.43 Å². The maximum absolute atomic E-state index is 3.22. The molecule has 0 atom stereocenters. The van der Waals surface area contributed by atoms with Gasteiger partial charge in [0.25, 0.3) is 0 Å². The van der Waals surface area contributed by atoms with Gasteiger partial charge in [-0.05, 0) is 0 Å². The van der Waals surface area contributed by atoms with Gasteiger partial charge < -0.3 is 1.43 Å². The third kappa shape index (κ3) is 9.01. The van der Waals surface area contributed by atoms with Crippen LogP contribution in [0.4, 0.5) is 0 Å². The quantitative estimate of drug-likeness (QED) is 0.277. The molecule has 0 bridgehead atoms. The van der Waals surface area contributed by atoms with Crippen LogP contribution in [0, 0.1) is 0 Å². The first-order chi connectivity index (χ1) is 1.00. The molecule has 0 aliphatic heterocycles. The van der Waals surface area contributed by atoms with E-state index in [1.54, 1.807) is 0 Å². The molecule has 4 heteroatoms. The number of hydrogen-bond acceptors (Lipinski definition) is 2. The van der Waals surface area contributed by atoms with Gasteiger partial charge in [-0.25, -0.2) is 0 Å². The van der Waals surface area contributed by atoms with E-state index in [1.807, 2.05) is 0 Å². The third-order valence-electron chi connectivity index (χ3n) is 0. The fourth-order valence-electron chi connectivity index (χ4n) is 0. The van der Waals surface area contributed by atoms with Crippen molar-refractivity contribution in [2.45, 2.75) is 0 Å². The molecular weight excluding hydrogens is 255 g/mol. The monoisotopic (exact) mass is 258 g/mol. The Balaban J connectivity index is -0.00000000167. The summed E-state index contributed by atoms with van der Waals surface area (Å²) in [5, 5.41) is 0. The smallest absolute Gasteiger partial charge is 1.00 e. The second-order valence-corrected chi connectivity index (χ2v) is 0. The Morgan fingerprint density at radius 3 is 1.25 bits per heavy atom. The maximum atomic E-state index is 3.22. The van der Waals surface area contributed by atoms with Crippen LogP contribution in [-0.2, 0) is 21.1 Å². The first-order valence-electron chi connectivity index (χ1n) is 0.200. The van der Waals surface area contributed by atoms with Crippen LogP contribution in [0.25, 0.3) is 0 Å². The SMILES string of the molecule is SS.[H-].[Li+].[W]. The summed E-state index contributed by atoms with van der Waals surface area (Å²) in [5.74, 6) is 0. The Labute approximate surface area is 64.3 Å². The molecule has 0 N–H and O–H groups in total. The zero-order chi connectivity index (χ0) is 2.00. The Kier molecular flexibility index (Phi) is 83.8. The minimum atomic E-state index is 0. The second-order valence-electron chi connectivity index (χ2n) is 0. The van der Waals surface area contributed by atoms with Gasteiger partial charge in [0.15, 0.2) is 0 Å². The maximum Gasteiger partial charge on any atom is 1.00 e. The van der Waals surface area contributed by atoms with Crippen molar-refractivity contribution >= 4 is 23.3 Å². The average molecular weight is 258 g/mol. The average Bonchev–Trinajstić information content (AvgIpc) is 1.00. The van der Waals surface area contributed by atoms with E-state index in [0.29, 0.717) is 0 Å². The molecule has 0 heterocycles. The first-order valence-corrected chi connectivity index (χ1v) is 1.80. The van der Waals surface area contributed by atoms with Crippen molar-refractivity contribution in [2.24, 2.45) is 0 Å². The Hall–Kier alpha value is 1.99. The van der Waals surface area contributed by atoms with Gasteiger partial charge in [0, 0.05) is 21.1 Å². The first kappa shape index (κ1) is 16.7. The molecule has 0 fully saturated rings. The van der Waals surface area contributed by atoms with Crippen LogP contribution >= 0.6 is 23.3 Å². The number of thiol groups is 2. The largest absolute Gasteiger partial charge is 1.00 e. The van der Waals surface area contributed by atoms with E-state index in [4.69, 9.17) is 0 Å². The van der Waals surface area contributed by atoms with E-state index >= 15 is 0 Å². The molecular formula is H3LiS2W. The van der Waals surface area contributed by atoms with E-state index in [0.717, 1.165) is 0 Å². The molecule has 0 amide bonds. The number of rotatable bonds is 0. The molecule has 0 radical (unpaired) electrons. The number of hydrogen-bond donors (Lipinski definition) is 2. The van der Waals surface area contributed by atoms with Crippen LogP contribution in [0.3, 0.4) is 0 Å². The van der Waals surface area contributed by atoms with Gasteiger partial charge in [0.05, 0.1) is 0 Å². The van der Waals surface area contributed by atoms with Gasteiger partial charge in [0.1, 0.15) is 0 Å². The summed E-state index contributed by atoms with van der Waals surface area (Å²) in [6.45, 7) is 0. The predicted octanol–water partition coefficient (Wildman–Crippen LogP) is -2.12. The zero-order valence-corrected chi connectivity index (χ0v) is 7.02. The van der Waals surface area contributed by atoms with E-state index in [9.17, 15) is 0 Å². The fourth-order valence-corrected chi connectivity index (χ4v) is 0. The molecule has 22 valence electrons. The molecule has 0 aromatic rings. The zero-order valence-electron chi connectivity index (χ0n) is 3.30. The van der Waals surface area contributed by atoms with E-state index in [2.05, 4.69) is 23.3 Å². The van der Waals surface area contributed by atoms with Crippen LogP contribution in [0.5, 0.6) is 0 Å². The van der Waals surface area contributed by atoms with E-state index < -0.39 is 0 Å². The molecule has 0 saturated heterocycles. The van der Waals surface area contributed by atoms with Gasteiger partial charge in [-0.3, -0.25) is 0 Å². The Morgan fingerprint density at radius 1 is 1.25 bits per heavy atom. The van der Waals surface area contributed by atoms with Gasteiger partial charge in [-0.15, -0.1) is 23.3 Å². The van der Waals surface area contributed by atoms with Gasteiger partial charge in [0.2, 0.25) is 0 Å². The predicted molar refractivity (Wildman–Crippen MR) is 19.1 cm³/mol. The molecule has 0 saturated carbocycles. The fraction of sp³-hybridized carbons (Fsp3) is 0. The van der Waals surface area contributed by atoms with Crippen molar-refractivity contribution in [3.63, 3.8) is 0 Å². The van der Waals surface area contributed by atoms with E-state index in [-0.39, 0.29) is 41.4 Å². The molecule has 0 aromatic carbocycles. The summed E-state index contributed by atoms with van der Waals surface area (Å²) in [4.78, 5) is 0. The van der Waals surface area contributed by atoms with Crippen LogP contribution in [0.2, 0.25) is 0 Å². The second kappa shape index (κ2) is 20.1. The molecule has 0 rings (SSSR count). The molecule has 0 nitrogen and oxygen atoms in total. The van der Waals surface area contributed by atoms with Gasteiger partial charge in [-0.2, -0.15) is 0 Å². The molecule has 0 aromatic heterocycles. The standard InChI is InChI=1S/Li.H2S2.W.H/c;1-2;;/h;1-2H;;/q+1;;;-1. The molecule has 0 unspecified atom stereocenters. The summed E-state index contributed by atoms with van der Waals surface area (Å²) in [7, 11) is 0. The van der Waals surface area contributed by atoms with Crippen LogP contribution < -0.4 is 18.9 Å². The van der Waals surface area contributed by atoms with Crippen LogP contribution in [0.15, 0.2) is 0 Å². The molecule has 4 heavy (non-hydrogen) atoms. The summed E-state index contributed by atoms with van der Waals surface area (Å²) >= 11 is 6.44. The van der Waals surface area contributed by atoms with Crippen molar-refractivity contribution in [1.29, 1.82) is 0 Å². The summed E-state index contributed by atoms with van der Waals surface area (Å²) in [5.41, 5.74) is 0. The van der Waals surface area contributed by atoms with Crippen molar-refractivity contribution in [2.75, 3.05) is 0 Å². The van der Waals surface area contributed by atoms with Crippen molar-refractivity contribution in [3.8, 4) is 0 Å². The van der Waals surface area contributed by atoms with Gasteiger partial charge >= 0.3 is 18.9 Å². The normalized spacial score (nSPS) is 1.50. The molecule has 0 aliphatic carbocycles. The summed E-state index contributed by atoms with van der Waals surface area (Å²) in [6, 6.07) is 0. The minimum absolute atomic E-state index is 0. The summed E-state index contributed by atoms with van der Waals surface area (Å²) in [6.07, 6.45) is 0. The topological polar surface area (TPSA) is 0 Å². The van der Waals surface area contributed by atoms with Crippen molar-refractivity contribution in [1.82, 2.24) is 0 Å². The molecule has 0 spiro atoms. The van der Waals surface area contributed by atoms with Gasteiger partial charge in [-0.1, -0.05) is 0 Å².